The summed E-state index contributed by atoms with van der Waals surface area (Å²) in [5.41, 5.74) is 2.76. The first kappa shape index (κ1) is 61.5. The first-order valence-electron chi connectivity index (χ1n) is 28.7. The third-order valence-electron chi connectivity index (χ3n) is 17.6. The molecule has 2 fully saturated rings. The summed E-state index contributed by atoms with van der Waals surface area (Å²) in [6, 6.07) is 21.7. The monoisotopic (exact) mass is 1020 g/mol. The zero-order valence-electron chi connectivity index (χ0n) is 48.2. The van der Waals surface area contributed by atoms with Gasteiger partial charge in [-0.25, -0.2) is 0 Å². The van der Waals surface area contributed by atoms with Crippen molar-refractivity contribution < 1.29 is 27.9 Å². The second-order valence-corrected chi connectivity index (χ2v) is 34.8. The lowest BCUT2D eigenvalue weighted by atomic mass is 9.81. The summed E-state index contributed by atoms with van der Waals surface area (Å²) in [5.74, 6) is 2.04. The molecule has 0 aliphatic heterocycles. The van der Waals surface area contributed by atoms with Crippen molar-refractivity contribution in [3.8, 4) is 0 Å². The molecular formula is C64H104O6Si2. The van der Waals surface area contributed by atoms with Gasteiger partial charge in [-0.15, -0.1) is 0 Å². The van der Waals surface area contributed by atoms with Gasteiger partial charge in [-0.05, 0) is 175 Å². The van der Waals surface area contributed by atoms with Gasteiger partial charge in [0.15, 0.2) is 16.6 Å². The zero-order valence-corrected chi connectivity index (χ0v) is 50.2. The summed E-state index contributed by atoms with van der Waals surface area (Å²) in [5, 5.41) is 0.137. The molecule has 0 spiro atoms. The quantitative estimate of drug-likeness (QED) is 0.0336. The van der Waals surface area contributed by atoms with Crippen LogP contribution in [0.3, 0.4) is 0 Å². The van der Waals surface area contributed by atoms with E-state index in [1.807, 2.05) is 13.8 Å². The van der Waals surface area contributed by atoms with Crippen LogP contribution in [0, 0.1) is 35.5 Å². The number of esters is 2. The molecule has 0 heterocycles. The number of ether oxygens (including phenoxy) is 2. The lowest BCUT2D eigenvalue weighted by Crippen LogP contribution is -2.45. The molecule has 4 rings (SSSR count). The maximum atomic E-state index is 13.8. The molecule has 0 N–H and O–H groups in total. The number of hydrogen-bond donors (Lipinski definition) is 0. The van der Waals surface area contributed by atoms with Crippen LogP contribution in [0.2, 0.25) is 36.3 Å². The van der Waals surface area contributed by atoms with Gasteiger partial charge in [0.1, 0.15) is 12.2 Å². The minimum absolute atomic E-state index is 0.00619. The molecule has 2 aliphatic rings. The molecule has 0 bridgehead atoms. The smallest absolute Gasteiger partial charge is 0.306 e. The number of rotatable bonds is 30. The van der Waals surface area contributed by atoms with Gasteiger partial charge in [0.05, 0.1) is 6.10 Å². The number of benzene rings is 2. The Hall–Kier alpha value is -3.05. The highest BCUT2D eigenvalue weighted by Gasteiger charge is 2.50. The van der Waals surface area contributed by atoms with Gasteiger partial charge in [0.25, 0.3) is 0 Å². The Kier molecular flexibility index (Phi) is 25.5. The maximum absolute atomic E-state index is 13.8. The van der Waals surface area contributed by atoms with Crippen molar-refractivity contribution in [1.29, 1.82) is 0 Å². The van der Waals surface area contributed by atoms with Crippen molar-refractivity contribution >= 4 is 28.6 Å². The number of unbranched alkanes of at least 4 members (excludes halogenated alkanes) is 2. The molecule has 0 saturated heterocycles. The lowest BCUT2D eigenvalue weighted by Gasteiger charge is -2.41. The largest absolute Gasteiger partial charge is 0.462 e. The molecule has 8 heteroatoms. The van der Waals surface area contributed by atoms with Crippen molar-refractivity contribution in [2.24, 2.45) is 35.5 Å². The van der Waals surface area contributed by atoms with E-state index in [9.17, 15) is 9.59 Å². The van der Waals surface area contributed by atoms with Gasteiger partial charge >= 0.3 is 11.9 Å². The van der Waals surface area contributed by atoms with Crippen LogP contribution in [0.4, 0.5) is 0 Å². The molecule has 404 valence electrons. The molecule has 6 nitrogen and oxygen atoms in total. The van der Waals surface area contributed by atoms with Gasteiger partial charge < -0.3 is 18.3 Å². The van der Waals surface area contributed by atoms with Crippen LogP contribution in [0.25, 0.3) is 0 Å². The van der Waals surface area contributed by atoms with E-state index in [4.69, 9.17) is 18.3 Å². The Morgan fingerprint density at radius 3 is 1.57 bits per heavy atom. The van der Waals surface area contributed by atoms with E-state index in [2.05, 4.69) is 179 Å². The fraction of sp³-hybridized carbons (Fsp3) is 0.688. The van der Waals surface area contributed by atoms with Gasteiger partial charge in [0, 0.05) is 37.2 Å². The van der Waals surface area contributed by atoms with E-state index in [0.717, 1.165) is 89.9 Å². The van der Waals surface area contributed by atoms with Crippen molar-refractivity contribution in [1.82, 2.24) is 0 Å². The molecule has 2 aromatic rings. The minimum Gasteiger partial charge on any atom is -0.462 e. The summed E-state index contributed by atoms with van der Waals surface area (Å²) < 4.78 is 27.9. The number of aryl methyl sites for hydroxylation is 2. The van der Waals surface area contributed by atoms with E-state index in [1.54, 1.807) is 0 Å². The van der Waals surface area contributed by atoms with Crippen LogP contribution in [0.15, 0.2) is 97.1 Å². The predicted molar refractivity (Wildman–Crippen MR) is 309 cm³/mol. The zero-order chi connectivity index (χ0) is 53.0. The minimum atomic E-state index is -2.20. The fourth-order valence-electron chi connectivity index (χ4n) is 11.0. The van der Waals surface area contributed by atoms with Crippen LogP contribution in [0.5, 0.6) is 0 Å². The Morgan fingerprint density at radius 1 is 0.597 bits per heavy atom. The third kappa shape index (κ3) is 20.2. The molecule has 72 heavy (non-hydrogen) atoms. The van der Waals surface area contributed by atoms with Gasteiger partial charge in [-0.3, -0.25) is 9.59 Å². The van der Waals surface area contributed by atoms with Crippen molar-refractivity contribution in [3.63, 3.8) is 0 Å². The van der Waals surface area contributed by atoms with Gasteiger partial charge in [-0.2, -0.15) is 0 Å². The average Bonchev–Trinajstić information content (AvgIpc) is 3.79. The van der Waals surface area contributed by atoms with Crippen LogP contribution < -0.4 is 0 Å². The number of allylic oxidation sites excluding steroid dienone is 6. The van der Waals surface area contributed by atoms with Gasteiger partial charge in [-0.1, -0.05) is 159 Å². The van der Waals surface area contributed by atoms with Crippen LogP contribution in [0.1, 0.15) is 183 Å². The summed E-state index contributed by atoms with van der Waals surface area (Å²) in [6.07, 6.45) is 29.1. The standard InChI is InChI=1S/C64H104O6Si2/c1-15-17-19-27-37-61(65)67-58-47-50(4)54(45-40-49(3)39-41-51-31-23-21-24-32-51)55(58)35-29-30-36-56-57(46-44-53(69-71(11,12)63(5,6)7)43-42-52-33-25-22-26-34-52)60(70-72(13,14)64(8,9)10)48-59(56)68-62(66)38-28-20-18-16-2/h15-18,21-26,29-34,49-50,53-60H,19-20,27-28,35-48H2,1-14H3/b17-15+,18-16+,30-29+/t49-,50+,53-,54-,55+,56+,57+,58-,59-,60+/m0/s1. The van der Waals surface area contributed by atoms with Crippen LogP contribution in [-0.2, 0) is 40.8 Å². The van der Waals surface area contributed by atoms with Crippen LogP contribution in [-0.4, -0.2) is 53.0 Å². The molecule has 10 atom stereocenters. The summed E-state index contributed by atoms with van der Waals surface area (Å²) in [7, 11) is -4.28. The van der Waals surface area contributed by atoms with E-state index in [1.165, 1.54) is 24.0 Å². The summed E-state index contributed by atoms with van der Waals surface area (Å²) in [4.78, 5) is 27.1. The van der Waals surface area contributed by atoms with Crippen molar-refractivity contribution in [3.05, 3.63) is 108 Å². The maximum Gasteiger partial charge on any atom is 0.306 e. The number of carbonyl (C=O) groups excluding carboxylic acids is 2. The van der Waals surface area contributed by atoms with Crippen LogP contribution >= 0.6 is 0 Å². The van der Waals surface area contributed by atoms with E-state index >= 15 is 0 Å². The summed E-state index contributed by atoms with van der Waals surface area (Å²) >= 11 is 0. The van der Waals surface area contributed by atoms with E-state index < -0.39 is 16.6 Å². The Morgan fingerprint density at radius 2 is 1.07 bits per heavy atom. The molecule has 0 unspecified atom stereocenters. The second kappa shape index (κ2) is 29.9. The topological polar surface area (TPSA) is 71.1 Å². The molecule has 2 aromatic carbocycles. The summed E-state index contributed by atoms with van der Waals surface area (Å²) in [6.45, 7) is 32.4. The highest BCUT2D eigenvalue weighted by Crippen LogP contribution is 2.48. The number of carbonyl (C=O) groups is 2. The predicted octanol–water partition coefficient (Wildman–Crippen LogP) is 17.8. The molecule has 0 radical (unpaired) electrons. The lowest BCUT2D eigenvalue weighted by molar-refractivity contribution is -0.152. The third-order valence-corrected chi connectivity index (χ3v) is 26.6. The Labute approximate surface area is 443 Å². The molecular weight excluding hydrogens is 921 g/mol. The van der Waals surface area contributed by atoms with E-state index in [0.29, 0.717) is 30.6 Å². The second-order valence-electron chi connectivity index (χ2n) is 25.3. The normalized spacial score (nSPS) is 24.1. The molecule has 0 aromatic heterocycles. The van der Waals surface area contributed by atoms with Crippen molar-refractivity contribution in [2.75, 3.05) is 0 Å². The van der Waals surface area contributed by atoms with Gasteiger partial charge in [0.2, 0.25) is 0 Å². The Balaban J connectivity index is 1.64. The average molecular weight is 1030 g/mol. The SMILES string of the molecule is C/C=C/CCCC(=O)O[C@H]1C[C@@H](C)[C@H](CC[C@@H](C)CCc2ccccc2)[C@H]1C/C=C/C[C@@H]1[C@@H](CC[C@H](CCc2ccccc2)O[Si](C)(C)C(C)(C)C)[C@H](O[Si](C)(C)C(C)(C)C)C[C@@H]1OC(=O)CCC/C=C/C. The highest BCUT2D eigenvalue weighted by atomic mass is 28.4. The number of hydrogen-bond acceptors (Lipinski definition) is 6. The fourth-order valence-corrected chi connectivity index (χ4v) is 13.8. The molecule has 2 aliphatic carbocycles. The van der Waals surface area contributed by atoms with E-state index in [-0.39, 0.29) is 64.2 Å². The first-order valence-corrected chi connectivity index (χ1v) is 34.6. The van der Waals surface area contributed by atoms with Crippen molar-refractivity contribution in [2.45, 2.75) is 245 Å². The molecule has 2 saturated carbocycles. The first-order chi connectivity index (χ1) is 34.0. The molecule has 0 amide bonds. The Bertz CT molecular complexity index is 1940. The highest BCUT2D eigenvalue weighted by molar-refractivity contribution is 6.74.